The van der Waals surface area contributed by atoms with Gasteiger partial charge in [-0.25, -0.2) is 0 Å². The number of anilines is 1. The third kappa shape index (κ3) is 2.11. The first-order valence-electron chi connectivity index (χ1n) is 9.49. The predicted octanol–water partition coefficient (Wildman–Crippen LogP) is 3.55. The summed E-state index contributed by atoms with van der Waals surface area (Å²) in [5.74, 6) is -2.74. The van der Waals surface area contributed by atoms with Crippen molar-refractivity contribution in [3.63, 3.8) is 0 Å². The third-order valence-corrected chi connectivity index (χ3v) is 6.27. The zero-order valence-electron chi connectivity index (χ0n) is 15.5. The second kappa shape index (κ2) is 5.79. The van der Waals surface area contributed by atoms with Crippen LogP contribution in [0.4, 0.5) is 5.69 Å². The lowest BCUT2D eigenvalue weighted by atomic mass is 9.74. The van der Waals surface area contributed by atoms with Gasteiger partial charge in [-0.15, -0.1) is 6.58 Å². The van der Waals surface area contributed by atoms with E-state index in [2.05, 4.69) is 6.58 Å². The van der Waals surface area contributed by atoms with E-state index in [0.29, 0.717) is 6.42 Å². The summed E-state index contributed by atoms with van der Waals surface area (Å²) >= 11 is 0. The van der Waals surface area contributed by atoms with Gasteiger partial charge in [0.2, 0.25) is 5.91 Å². The van der Waals surface area contributed by atoms with Crippen molar-refractivity contribution in [2.24, 2.45) is 11.8 Å². The van der Waals surface area contributed by atoms with Crippen molar-refractivity contribution >= 4 is 28.3 Å². The molecule has 1 N–H and O–H groups in total. The Bertz CT molecular complexity index is 1050. The molecule has 3 heterocycles. The number of carboxylic acids is 1. The molecular weight excluding hydrogens is 354 g/mol. The smallest absolute Gasteiger partial charge is 0.310 e. The van der Waals surface area contributed by atoms with Gasteiger partial charge in [0.05, 0.1) is 23.8 Å². The van der Waals surface area contributed by atoms with E-state index in [1.54, 1.807) is 11.0 Å². The minimum atomic E-state index is -0.983. The highest BCUT2D eigenvalue weighted by Crippen LogP contribution is 2.57. The number of amides is 1. The van der Waals surface area contributed by atoms with Crippen molar-refractivity contribution < 1.29 is 19.4 Å². The van der Waals surface area contributed by atoms with Crippen LogP contribution in [0.25, 0.3) is 10.8 Å². The van der Waals surface area contributed by atoms with Gasteiger partial charge in [-0.3, -0.25) is 9.59 Å². The number of carbonyl (C=O) groups excluding carboxylic acids is 1. The quantitative estimate of drug-likeness (QED) is 0.830. The number of carboxylic acid groups (broad SMARTS) is 1. The summed E-state index contributed by atoms with van der Waals surface area (Å²) in [6.07, 6.45) is 3.72. The first-order chi connectivity index (χ1) is 13.4. The predicted molar refractivity (Wildman–Crippen MR) is 106 cm³/mol. The van der Waals surface area contributed by atoms with Crippen LogP contribution >= 0.6 is 0 Å². The lowest BCUT2D eigenvalue weighted by Gasteiger charge is -2.34. The molecule has 2 aromatic rings. The minimum absolute atomic E-state index is 0.179. The van der Waals surface area contributed by atoms with Crippen LogP contribution in [0, 0.1) is 11.8 Å². The molecule has 5 rings (SSSR count). The maximum absolute atomic E-state index is 13.6. The SMILES string of the molecule is C=C(C)CC1N(c2cccc3ccccc23)C(=O)[C@@H]2C(C(=O)O)[C@H]3C=C[C@@]12O3. The Kier molecular flexibility index (Phi) is 3.55. The van der Waals surface area contributed by atoms with Crippen LogP contribution in [0.3, 0.4) is 0 Å². The van der Waals surface area contributed by atoms with Crippen molar-refractivity contribution in [1.82, 2.24) is 0 Å². The Morgan fingerprint density at radius 3 is 2.75 bits per heavy atom. The van der Waals surface area contributed by atoms with Crippen LogP contribution < -0.4 is 4.90 Å². The largest absolute Gasteiger partial charge is 0.481 e. The Labute approximate surface area is 162 Å². The number of benzene rings is 2. The molecule has 5 nitrogen and oxygen atoms in total. The molecule has 0 saturated carbocycles. The molecule has 5 heteroatoms. The van der Waals surface area contributed by atoms with E-state index in [0.717, 1.165) is 22.0 Å². The number of fused-ring (bicyclic) bond motifs is 2. The van der Waals surface area contributed by atoms with Gasteiger partial charge in [-0.1, -0.05) is 54.1 Å². The number of hydrogen-bond acceptors (Lipinski definition) is 3. The average molecular weight is 375 g/mol. The molecule has 0 aromatic heterocycles. The van der Waals surface area contributed by atoms with Crippen LogP contribution in [0.2, 0.25) is 0 Å². The lowest BCUT2D eigenvalue weighted by molar-refractivity contribution is -0.146. The molecule has 2 unspecified atom stereocenters. The molecule has 3 aliphatic heterocycles. The van der Waals surface area contributed by atoms with Crippen molar-refractivity contribution in [3.8, 4) is 0 Å². The zero-order valence-corrected chi connectivity index (χ0v) is 15.5. The summed E-state index contributed by atoms with van der Waals surface area (Å²) < 4.78 is 6.21. The maximum atomic E-state index is 13.6. The van der Waals surface area contributed by atoms with Crippen molar-refractivity contribution in [1.29, 1.82) is 0 Å². The van der Waals surface area contributed by atoms with Crippen LogP contribution in [0.15, 0.2) is 66.8 Å². The average Bonchev–Trinajstić information content (AvgIpc) is 3.30. The van der Waals surface area contributed by atoms with Crippen molar-refractivity contribution in [3.05, 3.63) is 66.8 Å². The molecule has 1 amide bonds. The van der Waals surface area contributed by atoms with Gasteiger partial charge in [0, 0.05) is 5.39 Å². The fraction of sp³-hybridized carbons (Fsp3) is 0.304. The molecule has 0 aliphatic carbocycles. The summed E-state index contributed by atoms with van der Waals surface area (Å²) in [5, 5.41) is 11.8. The summed E-state index contributed by atoms with van der Waals surface area (Å²) in [6, 6.07) is 13.4. The Hall–Kier alpha value is -2.92. The number of hydrogen-bond donors (Lipinski definition) is 1. The third-order valence-electron chi connectivity index (χ3n) is 6.27. The van der Waals surface area contributed by atoms with E-state index in [9.17, 15) is 14.7 Å². The molecule has 2 aromatic carbocycles. The van der Waals surface area contributed by atoms with Crippen LogP contribution in [-0.2, 0) is 14.3 Å². The number of nitrogens with zero attached hydrogens (tertiary/aromatic N) is 1. The fourth-order valence-corrected chi connectivity index (χ4v) is 5.22. The molecule has 3 aliphatic rings. The van der Waals surface area contributed by atoms with Crippen molar-refractivity contribution in [2.75, 3.05) is 4.90 Å². The Morgan fingerprint density at radius 2 is 2.00 bits per heavy atom. The lowest BCUT2D eigenvalue weighted by Crippen LogP contribution is -2.45. The highest BCUT2D eigenvalue weighted by Gasteiger charge is 2.71. The standard InChI is InChI=1S/C23H21NO4/c1-13(2)12-18-23-11-10-17(28-23)19(22(26)27)20(23)21(25)24(18)16-9-5-7-14-6-3-4-8-15(14)16/h3-11,17-20H,1,12H2,2H3,(H,26,27)/t17-,18?,19?,20+,23-/m1/s1. The normalized spacial score (nSPS) is 32.9. The highest BCUT2D eigenvalue weighted by molar-refractivity contribution is 6.09. The van der Waals surface area contributed by atoms with E-state index < -0.39 is 29.5 Å². The van der Waals surface area contributed by atoms with Gasteiger partial charge in [-0.05, 0) is 24.8 Å². The number of carbonyl (C=O) groups is 2. The van der Waals surface area contributed by atoms with Crippen LogP contribution in [0.5, 0.6) is 0 Å². The summed E-state index contributed by atoms with van der Waals surface area (Å²) in [4.78, 5) is 27.4. The summed E-state index contributed by atoms with van der Waals surface area (Å²) in [7, 11) is 0. The van der Waals surface area contributed by atoms with Crippen molar-refractivity contribution in [2.45, 2.75) is 31.1 Å². The second-order valence-electron chi connectivity index (χ2n) is 8.02. The van der Waals surface area contributed by atoms with E-state index in [1.165, 1.54) is 0 Å². The minimum Gasteiger partial charge on any atom is -0.481 e. The van der Waals surface area contributed by atoms with Crippen LogP contribution in [0.1, 0.15) is 13.3 Å². The topological polar surface area (TPSA) is 66.8 Å². The first kappa shape index (κ1) is 17.2. The van der Waals surface area contributed by atoms with Gasteiger partial charge in [-0.2, -0.15) is 0 Å². The Morgan fingerprint density at radius 1 is 1.25 bits per heavy atom. The Balaban J connectivity index is 1.71. The molecule has 5 atom stereocenters. The first-order valence-corrected chi connectivity index (χ1v) is 9.49. The highest BCUT2D eigenvalue weighted by atomic mass is 16.5. The molecular formula is C23H21NO4. The number of aliphatic carboxylic acids is 1. The van der Waals surface area contributed by atoms with E-state index in [4.69, 9.17) is 4.74 Å². The van der Waals surface area contributed by atoms with Gasteiger partial charge in [0.15, 0.2) is 0 Å². The fourth-order valence-electron chi connectivity index (χ4n) is 5.22. The summed E-state index contributed by atoms with van der Waals surface area (Å²) in [6.45, 7) is 5.97. The maximum Gasteiger partial charge on any atom is 0.310 e. The molecule has 2 bridgehead atoms. The van der Waals surface area contributed by atoms with E-state index in [1.807, 2.05) is 55.5 Å². The number of ether oxygens (including phenoxy) is 1. The molecule has 0 radical (unpaired) electrons. The van der Waals surface area contributed by atoms with E-state index >= 15 is 0 Å². The molecule has 2 saturated heterocycles. The van der Waals surface area contributed by atoms with Gasteiger partial charge in [0.1, 0.15) is 11.5 Å². The molecule has 142 valence electrons. The molecule has 2 fully saturated rings. The van der Waals surface area contributed by atoms with Gasteiger partial charge in [0.25, 0.3) is 0 Å². The van der Waals surface area contributed by atoms with E-state index in [-0.39, 0.29) is 11.9 Å². The van der Waals surface area contributed by atoms with Gasteiger partial charge >= 0.3 is 5.97 Å². The van der Waals surface area contributed by atoms with Gasteiger partial charge < -0.3 is 14.7 Å². The summed E-state index contributed by atoms with van der Waals surface area (Å²) in [5.41, 5.74) is 0.806. The monoisotopic (exact) mass is 375 g/mol. The second-order valence-corrected chi connectivity index (χ2v) is 8.02. The number of rotatable bonds is 4. The zero-order chi connectivity index (χ0) is 19.6. The molecule has 1 spiro atoms. The van der Waals surface area contributed by atoms with Crippen LogP contribution in [-0.4, -0.2) is 34.7 Å². The molecule has 28 heavy (non-hydrogen) atoms.